The molecule has 3 heteroatoms. The number of anilines is 1. The van der Waals surface area contributed by atoms with Gasteiger partial charge in [-0.2, -0.15) is 0 Å². The first-order chi connectivity index (χ1) is 10.4. The van der Waals surface area contributed by atoms with Crippen LogP contribution >= 0.6 is 0 Å². The maximum Gasteiger partial charge on any atom is 0.119 e. The molecular weight excluding hydrogens is 260 g/mol. The smallest absolute Gasteiger partial charge is 0.119 e. The van der Waals surface area contributed by atoms with Gasteiger partial charge >= 0.3 is 0 Å². The van der Waals surface area contributed by atoms with Crippen molar-refractivity contribution in [2.75, 3.05) is 25.0 Å². The monoisotopic (exact) mass is 286 g/mol. The minimum atomic E-state index is 0.450. The van der Waals surface area contributed by atoms with Crippen molar-refractivity contribution in [1.29, 1.82) is 0 Å². The zero-order valence-corrected chi connectivity index (χ0v) is 12.8. The van der Waals surface area contributed by atoms with Gasteiger partial charge in [-0.3, -0.25) is 0 Å². The number of nitrogens with zero attached hydrogens (tertiary/aromatic N) is 1. The fourth-order valence-corrected chi connectivity index (χ4v) is 4.17. The Morgan fingerprint density at radius 1 is 0.952 bits per heavy atom. The highest BCUT2D eigenvalue weighted by Crippen LogP contribution is 2.30. The van der Waals surface area contributed by atoms with E-state index in [0.29, 0.717) is 12.1 Å². The highest BCUT2D eigenvalue weighted by molar-refractivity contribution is 5.47. The van der Waals surface area contributed by atoms with Gasteiger partial charge in [0.2, 0.25) is 0 Å². The van der Waals surface area contributed by atoms with Crippen molar-refractivity contribution >= 4 is 5.69 Å². The van der Waals surface area contributed by atoms with E-state index >= 15 is 0 Å². The first-order valence-corrected chi connectivity index (χ1v) is 8.62. The number of piperidine rings is 3. The van der Waals surface area contributed by atoms with E-state index in [-0.39, 0.29) is 0 Å². The first kappa shape index (κ1) is 13.4. The second kappa shape index (κ2) is 5.88. The molecule has 1 aromatic rings. The van der Waals surface area contributed by atoms with Crippen molar-refractivity contribution in [2.45, 2.75) is 50.7 Å². The fraction of sp³-hybridized carbons (Fsp3) is 0.667. The molecule has 1 saturated carbocycles. The molecule has 4 fully saturated rings. The van der Waals surface area contributed by atoms with Crippen LogP contribution in [0.25, 0.3) is 0 Å². The van der Waals surface area contributed by atoms with Crippen molar-refractivity contribution in [3.05, 3.63) is 24.3 Å². The summed E-state index contributed by atoms with van der Waals surface area (Å²) in [6, 6.07) is 9.25. The summed E-state index contributed by atoms with van der Waals surface area (Å²) in [6.45, 7) is 3.82. The number of benzene rings is 1. The van der Waals surface area contributed by atoms with Crippen LogP contribution in [0.15, 0.2) is 24.3 Å². The molecule has 3 saturated heterocycles. The molecule has 21 heavy (non-hydrogen) atoms. The van der Waals surface area contributed by atoms with Gasteiger partial charge in [0.15, 0.2) is 0 Å². The molecule has 0 radical (unpaired) electrons. The molecule has 0 amide bonds. The molecular formula is C18H26N2O. The van der Waals surface area contributed by atoms with E-state index in [1.54, 1.807) is 0 Å². The average molecular weight is 286 g/mol. The number of hydrogen-bond acceptors (Lipinski definition) is 3. The van der Waals surface area contributed by atoms with Crippen LogP contribution < -0.4 is 10.1 Å². The second-order valence-electron chi connectivity index (χ2n) is 6.94. The normalized spacial score (nSPS) is 32.3. The van der Waals surface area contributed by atoms with Crippen LogP contribution in [0.4, 0.5) is 5.69 Å². The minimum absolute atomic E-state index is 0.450. The topological polar surface area (TPSA) is 24.5 Å². The largest absolute Gasteiger partial charge is 0.490 e. The van der Waals surface area contributed by atoms with Crippen molar-refractivity contribution < 1.29 is 4.74 Å². The van der Waals surface area contributed by atoms with E-state index in [0.717, 1.165) is 11.7 Å². The SMILES string of the molecule is c1cc(OC2CCCC2)ccc1NC1CN2CCC1CC2. The number of rotatable bonds is 4. The van der Waals surface area contributed by atoms with Gasteiger partial charge in [0.25, 0.3) is 0 Å². The Morgan fingerprint density at radius 3 is 2.29 bits per heavy atom. The van der Waals surface area contributed by atoms with Gasteiger partial charge in [0, 0.05) is 18.3 Å². The lowest BCUT2D eigenvalue weighted by Gasteiger charge is -2.45. The molecule has 0 aromatic heterocycles. The molecule has 4 aliphatic rings. The van der Waals surface area contributed by atoms with E-state index in [1.807, 2.05) is 0 Å². The summed E-state index contributed by atoms with van der Waals surface area (Å²) in [4.78, 5) is 2.59. The summed E-state index contributed by atoms with van der Waals surface area (Å²) in [5.41, 5.74) is 1.24. The van der Waals surface area contributed by atoms with Crippen molar-refractivity contribution in [2.24, 2.45) is 5.92 Å². The van der Waals surface area contributed by atoms with E-state index < -0.39 is 0 Å². The van der Waals surface area contributed by atoms with Gasteiger partial charge in [-0.05, 0) is 81.8 Å². The quantitative estimate of drug-likeness (QED) is 0.916. The van der Waals surface area contributed by atoms with Gasteiger partial charge < -0.3 is 15.0 Å². The van der Waals surface area contributed by atoms with E-state index in [1.165, 1.54) is 63.8 Å². The maximum atomic E-state index is 6.03. The third-order valence-electron chi connectivity index (χ3n) is 5.47. The third kappa shape index (κ3) is 3.03. The lowest BCUT2D eigenvalue weighted by Crippen LogP contribution is -2.53. The van der Waals surface area contributed by atoms with Gasteiger partial charge in [0.1, 0.15) is 5.75 Å². The second-order valence-corrected chi connectivity index (χ2v) is 6.94. The van der Waals surface area contributed by atoms with Gasteiger partial charge in [-0.15, -0.1) is 0 Å². The van der Waals surface area contributed by atoms with Crippen LogP contribution in [0.5, 0.6) is 5.75 Å². The molecule has 114 valence electrons. The van der Waals surface area contributed by atoms with E-state index in [9.17, 15) is 0 Å². The minimum Gasteiger partial charge on any atom is -0.490 e. The first-order valence-electron chi connectivity index (χ1n) is 8.62. The lowest BCUT2D eigenvalue weighted by atomic mass is 9.84. The van der Waals surface area contributed by atoms with E-state index in [2.05, 4.69) is 34.5 Å². The molecule has 1 N–H and O–H groups in total. The highest BCUT2D eigenvalue weighted by atomic mass is 16.5. The molecule has 2 bridgehead atoms. The predicted molar refractivity (Wildman–Crippen MR) is 85.9 cm³/mol. The number of fused-ring (bicyclic) bond motifs is 3. The van der Waals surface area contributed by atoms with Crippen molar-refractivity contribution in [3.63, 3.8) is 0 Å². The van der Waals surface area contributed by atoms with Crippen LogP contribution in [-0.4, -0.2) is 36.7 Å². The predicted octanol–water partition coefficient (Wildman–Crippen LogP) is 3.51. The molecule has 3 aliphatic heterocycles. The number of nitrogens with one attached hydrogen (secondary N) is 1. The Kier molecular flexibility index (Phi) is 3.76. The van der Waals surface area contributed by atoms with Gasteiger partial charge in [-0.25, -0.2) is 0 Å². The molecule has 3 nitrogen and oxygen atoms in total. The van der Waals surface area contributed by atoms with Crippen LogP contribution in [0.2, 0.25) is 0 Å². The Labute approximate surface area is 127 Å². The fourth-order valence-electron chi connectivity index (χ4n) is 4.17. The molecule has 5 rings (SSSR count). The third-order valence-corrected chi connectivity index (χ3v) is 5.47. The van der Waals surface area contributed by atoms with Crippen LogP contribution in [-0.2, 0) is 0 Å². The van der Waals surface area contributed by atoms with Crippen molar-refractivity contribution in [3.8, 4) is 5.75 Å². The summed E-state index contributed by atoms with van der Waals surface area (Å²) in [7, 11) is 0. The number of ether oxygens (including phenoxy) is 1. The highest BCUT2D eigenvalue weighted by Gasteiger charge is 2.33. The Balaban J connectivity index is 1.35. The maximum absolute atomic E-state index is 6.03. The summed E-state index contributed by atoms with van der Waals surface area (Å²) in [5, 5.41) is 3.74. The molecule has 0 spiro atoms. The van der Waals surface area contributed by atoms with Crippen LogP contribution in [0.3, 0.4) is 0 Å². The Hall–Kier alpha value is -1.22. The number of hydrogen-bond donors (Lipinski definition) is 1. The average Bonchev–Trinajstić information content (AvgIpc) is 3.03. The summed E-state index contributed by atoms with van der Waals surface area (Å²) in [6.07, 6.45) is 8.26. The molecule has 1 unspecified atom stereocenters. The van der Waals surface area contributed by atoms with Gasteiger partial charge in [0.05, 0.1) is 6.10 Å². The van der Waals surface area contributed by atoms with Gasteiger partial charge in [-0.1, -0.05) is 0 Å². The lowest BCUT2D eigenvalue weighted by molar-refractivity contribution is 0.0975. The Morgan fingerprint density at radius 2 is 1.67 bits per heavy atom. The Bertz CT molecular complexity index is 459. The molecule has 1 atom stereocenters. The summed E-state index contributed by atoms with van der Waals surface area (Å²) >= 11 is 0. The molecule has 1 aliphatic carbocycles. The van der Waals surface area contributed by atoms with Crippen LogP contribution in [0, 0.1) is 5.92 Å². The molecule has 1 aromatic carbocycles. The molecule has 3 heterocycles. The zero-order chi connectivity index (χ0) is 14.1. The standard InChI is InChI=1S/C18H26N2O/c1-2-4-16(3-1)21-17-7-5-15(6-8-17)19-18-13-20-11-9-14(18)10-12-20/h5-8,14,16,18-19H,1-4,9-13H2. The summed E-state index contributed by atoms with van der Waals surface area (Å²) < 4.78 is 6.03. The summed E-state index contributed by atoms with van der Waals surface area (Å²) in [5.74, 6) is 1.89. The van der Waals surface area contributed by atoms with E-state index in [4.69, 9.17) is 4.74 Å². The van der Waals surface area contributed by atoms with Crippen molar-refractivity contribution in [1.82, 2.24) is 4.90 Å². The zero-order valence-electron chi connectivity index (χ0n) is 12.8. The van der Waals surface area contributed by atoms with Crippen LogP contribution in [0.1, 0.15) is 38.5 Å².